The van der Waals surface area contributed by atoms with E-state index in [9.17, 15) is 4.79 Å². The predicted molar refractivity (Wildman–Crippen MR) is 83.0 cm³/mol. The van der Waals surface area contributed by atoms with Crippen molar-refractivity contribution >= 4 is 17.2 Å². The summed E-state index contributed by atoms with van der Waals surface area (Å²) in [5.41, 5.74) is -0.324. The van der Waals surface area contributed by atoms with Crippen molar-refractivity contribution in [1.82, 2.24) is 4.90 Å². The Balaban J connectivity index is 2.01. The minimum absolute atomic E-state index is 0.0327. The SMILES string of the molecule is CC(C)(C)OCC(=O)N(Cc1ccco1)Cc1cccs1. The second-order valence-corrected chi connectivity index (χ2v) is 6.84. The zero-order valence-corrected chi connectivity index (χ0v) is 13.5. The number of ether oxygens (including phenoxy) is 1. The number of rotatable bonds is 6. The van der Waals surface area contributed by atoms with Crippen LogP contribution in [0.2, 0.25) is 0 Å². The van der Waals surface area contributed by atoms with Crippen molar-refractivity contribution in [2.45, 2.75) is 39.5 Å². The Hall–Kier alpha value is -1.59. The van der Waals surface area contributed by atoms with E-state index in [0.29, 0.717) is 13.1 Å². The van der Waals surface area contributed by atoms with Crippen LogP contribution in [-0.4, -0.2) is 23.0 Å². The summed E-state index contributed by atoms with van der Waals surface area (Å²) in [6.45, 7) is 6.93. The van der Waals surface area contributed by atoms with Crippen LogP contribution in [-0.2, 0) is 22.6 Å². The van der Waals surface area contributed by atoms with Crippen LogP contribution >= 0.6 is 11.3 Å². The van der Waals surface area contributed by atoms with Gasteiger partial charge in [-0.3, -0.25) is 4.79 Å². The van der Waals surface area contributed by atoms with E-state index in [1.807, 2.05) is 50.4 Å². The summed E-state index contributed by atoms with van der Waals surface area (Å²) in [7, 11) is 0. The number of carbonyl (C=O) groups is 1. The maximum absolute atomic E-state index is 12.4. The van der Waals surface area contributed by atoms with Crippen LogP contribution in [0, 0.1) is 0 Å². The van der Waals surface area contributed by atoms with E-state index in [1.54, 1.807) is 22.5 Å². The number of hydrogen-bond acceptors (Lipinski definition) is 4. The maximum atomic E-state index is 12.4. The topological polar surface area (TPSA) is 42.7 Å². The van der Waals surface area contributed by atoms with Crippen LogP contribution < -0.4 is 0 Å². The highest BCUT2D eigenvalue weighted by Gasteiger charge is 2.19. The van der Waals surface area contributed by atoms with Gasteiger partial charge in [0.25, 0.3) is 0 Å². The monoisotopic (exact) mass is 307 g/mol. The molecule has 0 atom stereocenters. The Kier molecular flexibility index (Phi) is 5.20. The summed E-state index contributed by atoms with van der Waals surface area (Å²) < 4.78 is 10.9. The van der Waals surface area contributed by atoms with Gasteiger partial charge in [0.15, 0.2) is 0 Å². The predicted octanol–water partition coefficient (Wildman–Crippen LogP) is 3.69. The third-order valence-electron chi connectivity index (χ3n) is 2.83. The number of nitrogens with zero attached hydrogens (tertiary/aromatic N) is 1. The summed E-state index contributed by atoms with van der Waals surface area (Å²) in [6, 6.07) is 7.72. The summed E-state index contributed by atoms with van der Waals surface area (Å²) in [4.78, 5) is 15.3. The molecule has 0 aromatic carbocycles. The highest BCUT2D eigenvalue weighted by Crippen LogP contribution is 2.16. The number of furan rings is 1. The van der Waals surface area contributed by atoms with Crippen molar-refractivity contribution in [2.24, 2.45) is 0 Å². The molecule has 2 rings (SSSR count). The third kappa shape index (κ3) is 5.36. The molecule has 21 heavy (non-hydrogen) atoms. The van der Waals surface area contributed by atoms with Crippen LogP contribution in [0.5, 0.6) is 0 Å². The average Bonchev–Trinajstić information content (AvgIpc) is 3.07. The fraction of sp³-hybridized carbons (Fsp3) is 0.438. The molecule has 0 radical (unpaired) electrons. The molecule has 0 saturated carbocycles. The molecule has 0 aliphatic rings. The zero-order chi connectivity index (χ0) is 15.3. The quantitative estimate of drug-likeness (QED) is 0.817. The minimum atomic E-state index is -0.324. The van der Waals surface area contributed by atoms with E-state index in [4.69, 9.17) is 9.15 Å². The molecule has 0 aliphatic heterocycles. The third-order valence-corrected chi connectivity index (χ3v) is 3.70. The van der Waals surface area contributed by atoms with Gasteiger partial charge in [-0.1, -0.05) is 6.07 Å². The zero-order valence-electron chi connectivity index (χ0n) is 12.7. The van der Waals surface area contributed by atoms with Crippen molar-refractivity contribution < 1.29 is 13.9 Å². The summed E-state index contributed by atoms with van der Waals surface area (Å²) in [6.07, 6.45) is 1.62. The van der Waals surface area contributed by atoms with Gasteiger partial charge in [-0.25, -0.2) is 0 Å². The Morgan fingerprint density at radius 2 is 2.10 bits per heavy atom. The van der Waals surface area contributed by atoms with E-state index < -0.39 is 0 Å². The van der Waals surface area contributed by atoms with E-state index in [-0.39, 0.29) is 18.1 Å². The lowest BCUT2D eigenvalue weighted by molar-refractivity contribution is -0.142. The Labute approximate surface area is 129 Å². The molecule has 114 valence electrons. The first kappa shape index (κ1) is 15.8. The molecular formula is C16H21NO3S. The molecule has 1 amide bonds. The highest BCUT2D eigenvalue weighted by atomic mass is 32.1. The molecule has 2 aromatic rings. The number of thiophene rings is 1. The average molecular weight is 307 g/mol. The van der Waals surface area contributed by atoms with E-state index in [0.717, 1.165) is 10.6 Å². The first-order valence-corrected chi connectivity index (χ1v) is 7.78. The molecule has 0 aliphatic carbocycles. The molecule has 0 saturated heterocycles. The first-order valence-electron chi connectivity index (χ1n) is 6.90. The van der Waals surface area contributed by atoms with Gasteiger partial charge in [-0.2, -0.15) is 0 Å². The second-order valence-electron chi connectivity index (χ2n) is 5.81. The number of hydrogen-bond donors (Lipinski definition) is 0. The fourth-order valence-electron chi connectivity index (χ4n) is 1.78. The van der Waals surface area contributed by atoms with Crippen molar-refractivity contribution in [1.29, 1.82) is 0 Å². The lowest BCUT2D eigenvalue weighted by Gasteiger charge is -2.24. The summed E-state index contributed by atoms with van der Waals surface area (Å²) in [5, 5.41) is 2.01. The largest absolute Gasteiger partial charge is 0.467 e. The van der Waals surface area contributed by atoms with Gasteiger partial charge in [0.1, 0.15) is 12.4 Å². The van der Waals surface area contributed by atoms with Gasteiger partial charge < -0.3 is 14.1 Å². The van der Waals surface area contributed by atoms with Crippen molar-refractivity contribution in [3.63, 3.8) is 0 Å². The van der Waals surface area contributed by atoms with Gasteiger partial charge in [0.05, 0.1) is 25.0 Å². The lowest BCUT2D eigenvalue weighted by atomic mass is 10.2. The Morgan fingerprint density at radius 3 is 2.67 bits per heavy atom. The standard InChI is InChI=1S/C16H21NO3S/c1-16(2,3)20-12-15(18)17(10-13-6-4-8-19-13)11-14-7-5-9-21-14/h4-9H,10-12H2,1-3H3. The fourth-order valence-corrected chi connectivity index (χ4v) is 2.50. The molecule has 0 unspecified atom stereocenters. The minimum Gasteiger partial charge on any atom is -0.467 e. The van der Waals surface area contributed by atoms with Crippen molar-refractivity contribution in [2.75, 3.05) is 6.61 Å². The van der Waals surface area contributed by atoms with Crippen LogP contribution in [0.1, 0.15) is 31.4 Å². The number of amides is 1. The van der Waals surface area contributed by atoms with Gasteiger partial charge >= 0.3 is 0 Å². The van der Waals surface area contributed by atoms with Gasteiger partial charge in [-0.05, 0) is 44.4 Å². The molecule has 4 nitrogen and oxygen atoms in total. The molecule has 2 aromatic heterocycles. The van der Waals surface area contributed by atoms with E-state index >= 15 is 0 Å². The summed E-state index contributed by atoms with van der Waals surface area (Å²) >= 11 is 1.64. The molecule has 2 heterocycles. The van der Waals surface area contributed by atoms with Crippen LogP contribution in [0.25, 0.3) is 0 Å². The van der Waals surface area contributed by atoms with Gasteiger partial charge in [0, 0.05) is 4.88 Å². The van der Waals surface area contributed by atoms with Gasteiger partial charge in [-0.15, -0.1) is 11.3 Å². The normalized spacial score (nSPS) is 11.6. The number of carbonyl (C=O) groups excluding carboxylic acids is 1. The highest BCUT2D eigenvalue weighted by molar-refractivity contribution is 7.09. The smallest absolute Gasteiger partial charge is 0.249 e. The maximum Gasteiger partial charge on any atom is 0.249 e. The van der Waals surface area contributed by atoms with E-state index in [1.165, 1.54) is 0 Å². The molecule has 0 bridgehead atoms. The second kappa shape index (κ2) is 6.91. The Bertz CT molecular complexity index is 504. The first-order chi connectivity index (χ1) is 9.94. The van der Waals surface area contributed by atoms with Gasteiger partial charge in [0.2, 0.25) is 5.91 Å². The summed E-state index contributed by atoms with van der Waals surface area (Å²) in [5.74, 6) is 0.741. The van der Waals surface area contributed by atoms with Crippen LogP contribution in [0.3, 0.4) is 0 Å². The van der Waals surface area contributed by atoms with Crippen molar-refractivity contribution in [3.8, 4) is 0 Å². The van der Waals surface area contributed by atoms with E-state index in [2.05, 4.69) is 0 Å². The lowest BCUT2D eigenvalue weighted by Crippen LogP contribution is -2.35. The molecule has 5 heteroatoms. The van der Waals surface area contributed by atoms with Crippen molar-refractivity contribution in [3.05, 3.63) is 46.5 Å². The molecule has 0 spiro atoms. The van der Waals surface area contributed by atoms with Crippen LogP contribution in [0.4, 0.5) is 0 Å². The Morgan fingerprint density at radius 1 is 1.29 bits per heavy atom. The molecule has 0 fully saturated rings. The molecular weight excluding hydrogens is 286 g/mol. The molecule has 0 N–H and O–H groups in total. The van der Waals surface area contributed by atoms with Crippen LogP contribution in [0.15, 0.2) is 40.3 Å².